The Morgan fingerprint density at radius 2 is 1.96 bits per heavy atom. The minimum atomic E-state index is -0.0527. The molecule has 1 amide bonds. The molecule has 2 aromatic carbocycles. The molecule has 4 nitrogen and oxygen atoms in total. The number of ether oxygens (including phenoxy) is 1. The number of nitrogens with zero attached hydrogens (tertiary/aromatic N) is 1. The van der Waals surface area contributed by atoms with E-state index in [1.54, 1.807) is 6.08 Å². The highest BCUT2D eigenvalue weighted by atomic mass is 16.5. The monoisotopic (exact) mass is 324 g/mol. The van der Waals surface area contributed by atoms with Crippen LogP contribution in [0.2, 0.25) is 0 Å². The summed E-state index contributed by atoms with van der Waals surface area (Å²) in [6.07, 6.45) is 3.50. The van der Waals surface area contributed by atoms with Crippen LogP contribution < -0.4 is 5.32 Å². The van der Waals surface area contributed by atoms with Gasteiger partial charge < -0.3 is 10.1 Å². The number of fused-ring (bicyclic) bond motifs is 1. The Kier molecular flexibility index (Phi) is 5.62. The highest BCUT2D eigenvalue weighted by Crippen LogP contribution is 2.19. The molecule has 0 radical (unpaired) electrons. The number of amides is 1. The van der Waals surface area contributed by atoms with Crippen molar-refractivity contribution in [3.8, 4) is 0 Å². The van der Waals surface area contributed by atoms with Crippen LogP contribution in [0.4, 0.5) is 0 Å². The predicted octanol–water partition coefficient (Wildman–Crippen LogP) is 2.69. The fraction of sp³-hybridized carbons (Fsp3) is 0.350. The largest absolute Gasteiger partial charge is 0.379 e. The number of hydrogen-bond acceptors (Lipinski definition) is 3. The highest BCUT2D eigenvalue weighted by Gasteiger charge is 2.16. The van der Waals surface area contributed by atoms with E-state index in [2.05, 4.69) is 35.3 Å². The molecule has 126 valence electrons. The maximum absolute atomic E-state index is 12.1. The Morgan fingerprint density at radius 1 is 1.21 bits per heavy atom. The van der Waals surface area contributed by atoms with E-state index < -0.39 is 0 Å². The normalized spacial score (nSPS) is 17.2. The zero-order valence-corrected chi connectivity index (χ0v) is 14.1. The van der Waals surface area contributed by atoms with Gasteiger partial charge in [0.25, 0.3) is 0 Å². The summed E-state index contributed by atoms with van der Waals surface area (Å²) in [6.45, 7) is 6.21. The molecule has 3 rings (SSSR count). The zero-order valence-electron chi connectivity index (χ0n) is 14.1. The van der Waals surface area contributed by atoms with Crippen molar-refractivity contribution in [3.05, 3.63) is 54.1 Å². The summed E-state index contributed by atoms with van der Waals surface area (Å²) < 4.78 is 5.36. The molecule has 0 spiro atoms. The molecule has 2 aromatic rings. The lowest BCUT2D eigenvalue weighted by Crippen LogP contribution is -2.47. The summed E-state index contributed by atoms with van der Waals surface area (Å²) in [5.41, 5.74) is 1.06. The molecule has 0 aromatic heterocycles. The van der Waals surface area contributed by atoms with Crippen LogP contribution in [0, 0.1) is 0 Å². The Labute approximate surface area is 143 Å². The van der Waals surface area contributed by atoms with Gasteiger partial charge in [-0.2, -0.15) is 0 Å². The van der Waals surface area contributed by atoms with Crippen LogP contribution in [0.5, 0.6) is 0 Å². The maximum atomic E-state index is 12.1. The molecule has 1 N–H and O–H groups in total. The lowest BCUT2D eigenvalue weighted by molar-refractivity contribution is -0.116. The maximum Gasteiger partial charge on any atom is 0.244 e. The van der Waals surface area contributed by atoms with Crippen LogP contribution >= 0.6 is 0 Å². The first-order chi connectivity index (χ1) is 11.7. The van der Waals surface area contributed by atoms with E-state index in [-0.39, 0.29) is 5.91 Å². The number of benzene rings is 2. The molecule has 0 aliphatic carbocycles. The molecule has 4 heteroatoms. The molecule has 0 bridgehead atoms. The van der Waals surface area contributed by atoms with E-state index >= 15 is 0 Å². The van der Waals surface area contributed by atoms with E-state index in [9.17, 15) is 4.79 Å². The zero-order chi connectivity index (χ0) is 16.8. The second kappa shape index (κ2) is 8.08. The fourth-order valence-electron chi connectivity index (χ4n) is 3.02. The van der Waals surface area contributed by atoms with Gasteiger partial charge in [0.1, 0.15) is 0 Å². The summed E-state index contributed by atoms with van der Waals surface area (Å²) in [7, 11) is 0. The number of hydrogen-bond donors (Lipinski definition) is 1. The summed E-state index contributed by atoms with van der Waals surface area (Å²) in [4.78, 5) is 14.4. The van der Waals surface area contributed by atoms with Crippen LogP contribution in [-0.4, -0.2) is 49.7 Å². The lowest BCUT2D eigenvalue weighted by Gasteiger charge is -2.32. The summed E-state index contributed by atoms with van der Waals surface area (Å²) in [5.74, 6) is -0.0527. The summed E-state index contributed by atoms with van der Waals surface area (Å²) in [6, 6.07) is 14.6. The Morgan fingerprint density at radius 3 is 2.79 bits per heavy atom. The first-order valence-electron chi connectivity index (χ1n) is 8.49. The van der Waals surface area contributed by atoms with E-state index in [1.807, 2.05) is 30.3 Å². The highest BCUT2D eigenvalue weighted by molar-refractivity contribution is 5.96. The average molecular weight is 324 g/mol. The molecule has 1 saturated heterocycles. The van der Waals surface area contributed by atoms with Crippen LogP contribution in [0.25, 0.3) is 16.8 Å². The number of rotatable bonds is 5. The standard InChI is InChI=1S/C20H24N2O2/c1-16(22-11-13-24-14-12-22)15-21-20(23)10-9-18-7-4-6-17-5-2-3-8-19(17)18/h2-10,16H,11-15H2,1H3,(H,21,23)/b10-9+. The van der Waals surface area contributed by atoms with Crippen LogP contribution in [-0.2, 0) is 9.53 Å². The first kappa shape index (κ1) is 16.7. The van der Waals surface area contributed by atoms with Gasteiger partial charge >= 0.3 is 0 Å². The SMILES string of the molecule is CC(CNC(=O)/C=C/c1cccc2ccccc12)N1CCOCC1. The Balaban J connectivity index is 1.56. The van der Waals surface area contributed by atoms with Crippen molar-refractivity contribution in [1.29, 1.82) is 0 Å². The summed E-state index contributed by atoms with van der Waals surface area (Å²) >= 11 is 0. The van der Waals surface area contributed by atoms with Crippen LogP contribution in [0.15, 0.2) is 48.5 Å². The number of carbonyl (C=O) groups excluding carboxylic acids is 1. The van der Waals surface area contributed by atoms with Gasteiger partial charge in [-0.3, -0.25) is 9.69 Å². The van der Waals surface area contributed by atoms with Gasteiger partial charge in [-0.15, -0.1) is 0 Å². The molecule has 1 atom stereocenters. The van der Waals surface area contributed by atoms with Gasteiger partial charge in [-0.1, -0.05) is 42.5 Å². The van der Waals surface area contributed by atoms with Gasteiger partial charge in [-0.25, -0.2) is 0 Å². The van der Waals surface area contributed by atoms with Crippen molar-refractivity contribution in [1.82, 2.24) is 10.2 Å². The van der Waals surface area contributed by atoms with Gasteiger partial charge in [0.05, 0.1) is 13.2 Å². The van der Waals surface area contributed by atoms with Crippen LogP contribution in [0.1, 0.15) is 12.5 Å². The third kappa shape index (κ3) is 4.22. The minimum Gasteiger partial charge on any atom is -0.379 e. The van der Waals surface area contributed by atoms with Crippen molar-refractivity contribution in [3.63, 3.8) is 0 Å². The van der Waals surface area contributed by atoms with Crippen molar-refractivity contribution in [2.45, 2.75) is 13.0 Å². The van der Waals surface area contributed by atoms with Crippen molar-refractivity contribution < 1.29 is 9.53 Å². The third-order valence-corrected chi connectivity index (χ3v) is 4.48. The third-order valence-electron chi connectivity index (χ3n) is 4.48. The lowest BCUT2D eigenvalue weighted by atomic mass is 10.0. The van der Waals surface area contributed by atoms with E-state index in [4.69, 9.17) is 4.74 Å². The topological polar surface area (TPSA) is 41.6 Å². The molecule has 1 aliphatic rings. The molecule has 1 unspecified atom stereocenters. The second-order valence-corrected chi connectivity index (χ2v) is 6.14. The van der Waals surface area contributed by atoms with E-state index in [0.717, 1.165) is 37.3 Å². The fourth-order valence-corrected chi connectivity index (χ4v) is 3.02. The molecule has 0 saturated carbocycles. The van der Waals surface area contributed by atoms with E-state index in [1.165, 1.54) is 5.39 Å². The molecule has 1 aliphatic heterocycles. The number of carbonyl (C=O) groups is 1. The predicted molar refractivity (Wildman–Crippen MR) is 97.8 cm³/mol. The van der Waals surface area contributed by atoms with E-state index in [0.29, 0.717) is 12.6 Å². The molecule has 24 heavy (non-hydrogen) atoms. The molecule has 1 fully saturated rings. The summed E-state index contributed by atoms with van der Waals surface area (Å²) in [5, 5.41) is 5.33. The van der Waals surface area contributed by atoms with Crippen LogP contribution in [0.3, 0.4) is 0 Å². The Bertz CT molecular complexity index is 715. The van der Waals surface area contributed by atoms with Crippen molar-refractivity contribution in [2.75, 3.05) is 32.8 Å². The molecule has 1 heterocycles. The molecular formula is C20H24N2O2. The Hall–Kier alpha value is -2.17. The smallest absolute Gasteiger partial charge is 0.244 e. The molecular weight excluding hydrogens is 300 g/mol. The second-order valence-electron chi connectivity index (χ2n) is 6.14. The van der Waals surface area contributed by atoms with Crippen molar-refractivity contribution >= 4 is 22.8 Å². The quantitative estimate of drug-likeness (QED) is 0.860. The van der Waals surface area contributed by atoms with Gasteiger partial charge in [0.2, 0.25) is 5.91 Å². The van der Waals surface area contributed by atoms with Gasteiger partial charge in [0, 0.05) is 31.8 Å². The van der Waals surface area contributed by atoms with Gasteiger partial charge in [-0.05, 0) is 29.3 Å². The number of morpholine rings is 1. The minimum absolute atomic E-state index is 0.0527. The van der Waals surface area contributed by atoms with Gasteiger partial charge in [0.15, 0.2) is 0 Å². The first-order valence-corrected chi connectivity index (χ1v) is 8.49. The number of nitrogens with one attached hydrogen (secondary N) is 1. The average Bonchev–Trinajstić information content (AvgIpc) is 2.65. The van der Waals surface area contributed by atoms with Crippen molar-refractivity contribution in [2.24, 2.45) is 0 Å².